The van der Waals surface area contributed by atoms with Gasteiger partial charge in [0.25, 0.3) is 0 Å². The Morgan fingerprint density at radius 1 is 1.12 bits per heavy atom. The van der Waals surface area contributed by atoms with Crippen molar-refractivity contribution < 1.29 is 27.8 Å². The third-order valence-electron chi connectivity index (χ3n) is 4.61. The van der Waals surface area contributed by atoms with Crippen LogP contribution in [0.5, 0.6) is 11.5 Å². The first kappa shape index (κ1) is 24.2. The zero-order valence-corrected chi connectivity index (χ0v) is 19.1. The van der Waals surface area contributed by atoms with Crippen molar-refractivity contribution >= 4 is 21.7 Å². The largest absolute Gasteiger partial charge is 0.457 e. The summed E-state index contributed by atoms with van der Waals surface area (Å²) in [6, 6.07) is 14.7. The minimum Gasteiger partial charge on any atom is -0.457 e. The summed E-state index contributed by atoms with van der Waals surface area (Å²) in [7, 11) is -0.942. The highest BCUT2D eigenvalue weighted by Crippen LogP contribution is 2.27. The van der Waals surface area contributed by atoms with Gasteiger partial charge in [0.2, 0.25) is 10.0 Å². The van der Waals surface area contributed by atoms with Gasteiger partial charge >= 0.3 is 5.97 Å². The van der Waals surface area contributed by atoms with E-state index in [2.05, 4.69) is 10.3 Å². The summed E-state index contributed by atoms with van der Waals surface area (Å²) in [5.74, 6) is 0.316. The molecule has 2 N–H and O–H groups in total. The van der Waals surface area contributed by atoms with Gasteiger partial charge in [-0.05, 0) is 36.4 Å². The molecule has 174 valence electrons. The zero-order chi connectivity index (χ0) is 23.8. The van der Waals surface area contributed by atoms with Crippen LogP contribution in [0.4, 0.5) is 5.69 Å². The van der Waals surface area contributed by atoms with E-state index < -0.39 is 16.0 Å². The molecule has 0 amide bonds. The first-order valence-electron chi connectivity index (χ1n) is 10.1. The van der Waals surface area contributed by atoms with Gasteiger partial charge in [0.15, 0.2) is 0 Å². The Kier molecular flexibility index (Phi) is 7.99. The molecule has 1 heterocycles. The lowest BCUT2D eigenvalue weighted by Crippen LogP contribution is -2.23. The fourth-order valence-electron chi connectivity index (χ4n) is 2.89. The molecular weight excluding hydrogens is 446 g/mol. The molecule has 0 atom stereocenters. The molecule has 10 heteroatoms. The third-order valence-corrected chi connectivity index (χ3v) is 6.42. The predicted octanol–water partition coefficient (Wildman–Crippen LogP) is 2.89. The molecule has 3 rings (SSSR count). The van der Waals surface area contributed by atoms with Gasteiger partial charge in [0.1, 0.15) is 18.1 Å². The van der Waals surface area contributed by atoms with Crippen LogP contribution in [0, 0.1) is 0 Å². The van der Waals surface area contributed by atoms with Crippen molar-refractivity contribution in [2.24, 2.45) is 0 Å². The lowest BCUT2D eigenvalue weighted by molar-refractivity contribution is 0.0471. The van der Waals surface area contributed by atoms with Crippen molar-refractivity contribution in [1.29, 1.82) is 0 Å². The number of aliphatic hydroxyl groups excluding tert-OH is 1. The fraction of sp³-hybridized carbons (Fsp3) is 0.217. The average molecular weight is 472 g/mol. The third kappa shape index (κ3) is 6.07. The van der Waals surface area contributed by atoms with E-state index in [0.717, 1.165) is 4.31 Å². The maximum Gasteiger partial charge on any atom is 0.340 e. The van der Waals surface area contributed by atoms with Crippen LogP contribution in [-0.4, -0.2) is 56.0 Å². The number of anilines is 1. The Morgan fingerprint density at radius 3 is 2.61 bits per heavy atom. The Morgan fingerprint density at radius 2 is 1.91 bits per heavy atom. The van der Waals surface area contributed by atoms with Crippen molar-refractivity contribution in [3.63, 3.8) is 0 Å². The summed E-state index contributed by atoms with van der Waals surface area (Å²) < 4.78 is 37.4. The standard InChI is InChI=1S/C23H25N3O6S/c1-26(2)33(29,30)19-9-10-21(25-12-13-27)20(14-19)23(28)31-16-17-6-3-4-8-22(17)32-18-7-5-11-24-15-18/h3-11,14-15,25,27H,12-13,16H2,1-2H3. The topological polar surface area (TPSA) is 118 Å². The van der Waals surface area contributed by atoms with Gasteiger partial charge in [-0.15, -0.1) is 0 Å². The number of benzene rings is 2. The van der Waals surface area contributed by atoms with Crippen LogP contribution in [-0.2, 0) is 21.4 Å². The van der Waals surface area contributed by atoms with Gasteiger partial charge in [-0.25, -0.2) is 17.5 Å². The minimum atomic E-state index is -3.76. The molecule has 0 saturated carbocycles. The van der Waals surface area contributed by atoms with Crippen molar-refractivity contribution in [2.45, 2.75) is 11.5 Å². The molecule has 2 aromatic carbocycles. The number of hydrogen-bond acceptors (Lipinski definition) is 8. The summed E-state index contributed by atoms with van der Waals surface area (Å²) in [5, 5.41) is 12.0. The molecule has 0 fully saturated rings. The SMILES string of the molecule is CN(C)S(=O)(=O)c1ccc(NCCO)c(C(=O)OCc2ccccc2Oc2cccnc2)c1. The van der Waals surface area contributed by atoms with E-state index in [1.165, 1.54) is 32.3 Å². The predicted molar refractivity (Wildman–Crippen MR) is 123 cm³/mol. The second-order valence-corrected chi connectivity index (χ2v) is 9.27. The molecule has 0 unspecified atom stereocenters. The zero-order valence-electron chi connectivity index (χ0n) is 18.3. The van der Waals surface area contributed by atoms with Gasteiger partial charge in [-0.2, -0.15) is 0 Å². The van der Waals surface area contributed by atoms with Crippen molar-refractivity contribution in [2.75, 3.05) is 32.6 Å². The van der Waals surface area contributed by atoms with E-state index in [4.69, 9.17) is 14.6 Å². The van der Waals surface area contributed by atoms with Gasteiger partial charge in [0, 0.05) is 38.1 Å². The smallest absolute Gasteiger partial charge is 0.340 e. The van der Waals surface area contributed by atoms with Crippen molar-refractivity contribution in [3.05, 3.63) is 78.1 Å². The normalized spacial score (nSPS) is 11.3. The summed E-state index contributed by atoms with van der Waals surface area (Å²) >= 11 is 0. The lowest BCUT2D eigenvalue weighted by Gasteiger charge is -2.16. The van der Waals surface area contributed by atoms with Crippen LogP contribution >= 0.6 is 0 Å². The molecule has 0 spiro atoms. The second-order valence-electron chi connectivity index (χ2n) is 7.12. The van der Waals surface area contributed by atoms with Gasteiger partial charge in [0.05, 0.1) is 23.3 Å². The van der Waals surface area contributed by atoms with Crippen LogP contribution in [0.2, 0.25) is 0 Å². The summed E-state index contributed by atoms with van der Waals surface area (Å²) in [4.78, 5) is 16.9. The molecule has 0 aliphatic rings. The van der Waals surface area contributed by atoms with Crippen LogP contribution < -0.4 is 10.1 Å². The summed E-state index contributed by atoms with van der Waals surface area (Å²) in [6.07, 6.45) is 3.20. The maximum atomic E-state index is 12.9. The van der Waals surface area contributed by atoms with Gasteiger partial charge in [-0.3, -0.25) is 4.98 Å². The number of rotatable bonds is 10. The van der Waals surface area contributed by atoms with E-state index in [-0.39, 0.29) is 30.2 Å². The number of nitrogens with one attached hydrogen (secondary N) is 1. The van der Waals surface area contributed by atoms with E-state index in [0.29, 0.717) is 22.7 Å². The molecule has 33 heavy (non-hydrogen) atoms. The van der Waals surface area contributed by atoms with Crippen molar-refractivity contribution in [3.8, 4) is 11.5 Å². The number of hydrogen-bond donors (Lipinski definition) is 2. The number of aromatic nitrogens is 1. The van der Waals surface area contributed by atoms with Crippen LogP contribution in [0.15, 0.2) is 71.9 Å². The van der Waals surface area contributed by atoms with Crippen LogP contribution in [0.25, 0.3) is 0 Å². The number of carbonyl (C=O) groups excluding carboxylic acids is 1. The molecular formula is C23H25N3O6S. The van der Waals surface area contributed by atoms with Gasteiger partial charge in [-0.1, -0.05) is 18.2 Å². The summed E-state index contributed by atoms with van der Waals surface area (Å²) in [5.41, 5.74) is 1.01. The molecule has 0 aliphatic heterocycles. The van der Waals surface area contributed by atoms with E-state index in [1.54, 1.807) is 48.8 Å². The number of pyridine rings is 1. The molecule has 9 nitrogen and oxygen atoms in total. The maximum absolute atomic E-state index is 12.9. The van der Waals surface area contributed by atoms with Crippen molar-refractivity contribution in [1.82, 2.24) is 9.29 Å². The molecule has 0 aliphatic carbocycles. The van der Waals surface area contributed by atoms with E-state index in [9.17, 15) is 13.2 Å². The molecule has 0 saturated heterocycles. The molecule has 0 bridgehead atoms. The van der Waals surface area contributed by atoms with E-state index >= 15 is 0 Å². The highest BCUT2D eigenvalue weighted by Gasteiger charge is 2.22. The van der Waals surface area contributed by atoms with Crippen LogP contribution in [0.3, 0.4) is 0 Å². The van der Waals surface area contributed by atoms with Gasteiger partial charge < -0.3 is 19.9 Å². The Labute approximate surface area is 192 Å². The number of ether oxygens (including phenoxy) is 2. The van der Waals surface area contributed by atoms with E-state index in [1.807, 2.05) is 0 Å². The minimum absolute atomic E-state index is 0.0389. The molecule has 1 aromatic heterocycles. The fourth-order valence-corrected chi connectivity index (χ4v) is 3.81. The molecule has 0 radical (unpaired) electrons. The number of carbonyl (C=O) groups is 1. The monoisotopic (exact) mass is 471 g/mol. The summed E-state index contributed by atoms with van der Waals surface area (Å²) in [6.45, 7) is -0.0769. The Hall–Kier alpha value is -3.47. The molecule has 3 aromatic rings. The quantitative estimate of drug-likeness (QED) is 0.434. The highest BCUT2D eigenvalue weighted by molar-refractivity contribution is 7.89. The Balaban J connectivity index is 1.84. The number of para-hydroxylation sites is 1. The van der Waals surface area contributed by atoms with Crippen LogP contribution in [0.1, 0.15) is 15.9 Å². The number of sulfonamides is 1. The first-order chi connectivity index (χ1) is 15.8. The first-order valence-corrected chi connectivity index (χ1v) is 11.5. The second kappa shape index (κ2) is 10.9. The number of aliphatic hydroxyl groups is 1. The number of esters is 1. The number of nitrogens with zero attached hydrogens (tertiary/aromatic N) is 2. The Bertz CT molecular complexity index is 1200. The highest BCUT2D eigenvalue weighted by atomic mass is 32.2. The average Bonchev–Trinajstić information content (AvgIpc) is 2.82. The lowest BCUT2D eigenvalue weighted by atomic mass is 10.1.